The maximum absolute atomic E-state index is 13.7. The molecule has 0 saturated heterocycles. The van der Waals surface area contributed by atoms with E-state index in [2.05, 4.69) is 21.2 Å². The van der Waals surface area contributed by atoms with Gasteiger partial charge in [0.25, 0.3) is 0 Å². The van der Waals surface area contributed by atoms with Gasteiger partial charge in [-0.1, -0.05) is 60.1 Å². The van der Waals surface area contributed by atoms with Crippen molar-refractivity contribution in [2.24, 2.45) is 0 Å². The molecule has 0 aliphatic rings. The Hall–Kier alpha value is -2.39. The third-order valence-electron chi connectivity index (χ3n) is 5.76. The lowest BCUT2D eigenvalue weighted by Crippen LogP contribution is -2.53. The van der Waals surface area contributed by atoms with E-state index in [1.807, 2.05) is 52.0 Å². The second kappa shape index (κ2) is 12.4. The van der Waals surface area contributed by atoms with Crippen LogP contribution in [-0.4, -0.2) is 50.0 Å². The first-order valence-electron chi connectivity index (χ1n) is 11.4. The molecule has 0 unspecified atom stereocenters. The molecule has 1 N–H and O–H groups in total. The molecule has 0 fully saturated rings. The number of benzene rings is 2. The predicted octanol–water partition coefficient (Wildman–Crippen LogP) is 4.25. The lowest BCUT2D eigenvalue weighted by molar-refractivity contribution is -0.140. The molecule has 0 aliphatic carbocycles. The summed E-state index contributed by atoms with van der Waals surface area (Å²) >= 11 is 3.36. The number of nitrogens with zero attached hydrogens (tertiary/aromatic N) is 2. The smallest absolute Gasteiger partial charge is 0.244 e. The van der Waals surface area contributed by atoms with Gasteiger partial charge >= 0.3 is 0 Å². The number of halogens is 1. The van der Waals surface area contributed by atoms with E-state index in [9.17, 15) is 18.0 Å². The van der Waals surface area contributed by atoms with Crippen molar-refractivity contribution in [3.63, 3.8) is 0 Å². The highest BCUT2D eigenvalue weighted by Crippen LogP contribution is 2.23. The van der Waals surface area contributed by atoms with E-state index in [-0.39, 0.29) is 18.5 Å². The Bertz CT molecular complexity index is 1110. The molecule has 34 heavy (non-hydrogen) atoms. The summed E-state index contributed by atoms with van der Waals surface area (Å²) < 4.78 is 27.0. The average Bonchev–Trinajstić information content (AvgIpc) is 2.77. The van der Waals surface area contributed by atoms with Crippen LogP contribution >= 0.6 is 15.9 Å². The SMILES string of the molecule is CC[C@@H](C)NC(=O)[C@@H](CC)N(Cc1ccccc1C)C(=O)CN(c1cccc(Br)c1)S(C)(=O)=O. The van der Waals surface area contributed by atoms with Crippen molar-refractivity contribution in [2.75, 3.05) is 17.1 Å². The zero-order chi connectivity index (χ0) is 25.5. The van der Waals surface area contributed by atoms with Gasteiger partial charge in [-0.05, 0) is 56.0 Å². The molecular formula is C25H34BrN3O4S. The number of aryl methyl sites for hydroxylation is 1. The number of anilines is 1. The van der Waals surface area contributed by atoms with E-state index in [4.69, 9.17) is 0 Å². The van der Waals surface area contributed by atoms with Crippen LogP contribution in [0.4, 0.5) is 5.69 Å². The van der Waals surface area contributed by atoms with Gasteiger partial charge in [-0.15, -0.1) is 0 Å². The van der Waals surface area contributed by atoms with Crippen molar-refractivity contribution >= 4 is 43.5 Å². The van der Waals surface area contributed by atoms with Gasteiger partial charge in [-0.2, -0.15) is 0 Å². The van der Waals surface area contributed by atoms with Crippen LogP contribution in [0.5, 0.6) is 0 Å². The second-order valence-electron chi connectivity index (χ2n) is 8.44. The van der Waals surface area contributed by atoms with Crippen molar-refractivity contribution in [2.45, 2.75) is 59.2 Å². The van der Waals surface area contributed by atoms with Crippen LogP contribution in [0.1, 0.15) is 44.7 Å². The molecule has 0 bridgehead atoms. The number of hydrogen-bond donors (Lipinski definition) is 1. The Morgan fingerprint density at radius 1 is 1.06 bits per heavy atom. The summed E-state index contributed by atoms with van der Waals surface area (Å²) in [6, 6.07) is 13.7. The molecule has 2 aromatic carbocycles. The van der Waals surface area contributed by atoms with E-state index in [1.165, 1.54) is 4.90 Å². The molecule has 7 nitrogen and oxygen atoms in total. The van der Waals surface area contributed by atoms with Crippen molar-refractivity contribution < 1.29 is 18.0 Å². The minimum Gasteiger partial charge on any atom is -0.352 e. The van der Waals surface area contributed by atoms with Gasteiger partial charge in [0.2, 0.25) is 21.8 Å². The van der Waals surface area contributed by atoms with E-state index in [0.29, 0.717) is 16.6 Å². The summed E-state index contributed by atoms with van der Waals surface area (Å²) in [5.41, 5.74) is 2.27. The predicted molar refractivity (Wildman–Crippen MR) is 140 cm³/mol. The van der Waals surface area contributed by atoms with Crippen molar-refractivity contribution in [3.8, 4) is 0 Å². The van der Waals surface area contributed by atoms with Crippen LogP contribution in [0.2, 0.25) is 0 Å². The normalized spacial score (nSPS) is 13.1. The Labute approximate surface area is 211 Å². The number of nitrogens with one attached hydrogen (secondary N) is 1. The Morgan fingerprint density at radius 2 is 1.74 bits per heavy atom. The summed E-state index contributed by atoms with van der Waals surface area (Å²) in [5, 5.41) is 2.97. The number of rotatable bonds is 11. The quantitative estimate of drug-likeness (QED) is 0.452. The summed E-state index contributed by atoms with van der Waals surface area (Å²) in [4.78, 5) is 28.3. The average molecular weight is 553 g/mol. The van der Waals surface area contributed by atoms with Crippen LogP contribution in [0.3, 0.4) is 0 Å². The van der Waals surface area contributed by atoms with Crippen LogP contribution < -0.4 is 9.62 Å². The zero-order valence-electron chi connectivity index (χ0n) is 20.4. The molecule has 186 valence electrons. The molecular weight excluding hydrogens is 518 g/mol. The zero-order valence-corrected chi connectivity index (χ0v) is 22.8. The first-order valence-corrected chi connectivity index (χ1v) is 14.0. The Kier molecular flexibility index (Phi) is 10.1. The summed E-state index contributed by atoms with van der Waals surface area (Å²) in [7, 11) is -3.76. The van der Waals surface area contributed by atoms with Gasteiger partial charge in [0.1, 0.15) is 12.6 Å². The van der Waals surface area contributed by atoms with Crippen molar-refractivity contribution in [1.82, 2.24) is 10.2 Å². The highest BCUT2D eigenvalue weighted by atomic mass is 79.9. The lowest BCUT2D eigenvalue weighted by Gasteiger charge is -2.33. The molecule has 2 amide bonds. The second-order valence-corrected chi connectivity index (χ2v) is 11.3. The Balaban J connectivity index is 2.45. The topological polar surface area (TPSA) is 86.8 Å². The van der Waals surface area contributed by atoms with E-state index < -0.39 is 28.5 Å². The van der Waals surface area contributed by atoms with Gasteiger partial charge in [0.05, 0.1) is 11.9 Å². The molecule has 0 radical (unpaired) electrons. The van der Waals surface area contributed by atoms with Gasteiger partial charge in [0.15, 0.2) is 0 Å². The number of hydrogen-bond acceptors (Lipinski definition) is 4. The minimum atomic E-state index is -3.76. The van der Waals surface area contributed by atoms with E-state index >= 15 is 0 Å². The third kappa shape index (κ3) is 7.56. The molecule has 0 spiro atoms. The summed E-state index contributed by atoms with van der Waals surface area (Å²) in [6.45, 7) is 7.48. The van der Waals surface area contributed by atoms with E-state index in [1.54, 1.807) is 24.3 Å². The number of carbonyl (C=O) groups excluding carboxylic acids is 2. The molecule has 0 heterocycles. The van der Waals surface area contributed by atoms with Gasteiger partial charge < -0.3 is 10.2 Å². The van der Waals surface area contributed by atoms with Crippen LogP contribution in [-0.2, 0) is 26.2 Å². The largest absolute Gasteiger partial charge is 0.352 e. The van der Waals surface area contributed by atoms with Gasteiger partial charge in [-0.25, -0.2) is 8.42 Å². The first-order chi connectivity index (χ1) is 16.0. The third-order valence-corrected chi connectivity index (χ3v) is 7.40. The Morgan fingerprint density at radius 3 is 2.29 bits per heavy atom. The molecule has 2 rings (SSSR count). The summed E-state index contributed by atoms with van der Waals surface area (Å²) in [6.07, 6.45) is 2.23. The van der Waals surface area contributed by atoms with Crippen LogP contribution in [0.25, 0.3) is 0 Å². The lowest BCUT2D eigenvalue weighted by atomic mass is 10.1. The highest BCUT2D eigenvalue weighted by molar-refractivity contribution is 9.10. The maximum Gasteiger partial charge on any atom is 0.244 e. The monoisotopic (exact) mass is 551 g/mol. The minimum absolute atomic E-state index is 0.0360. The maximum atomic E-state index is 13.7. The number of sulfonamides is 1. The fourth-order valence-corrected chi connectivity index (χ4v) is 4.81. The highest BCUT2D eigenvalue weighted by Gasteiger charge is 2.32. The molecule has 0 saturated carbocycles. The van der Waals surface area contributed by atoms with E-state index in [0.717, 1.165) is 28.1 Å². The van der Waals surface area contributed by atoms with Crippen LogP contribution in [0.15, 0.2) is 53.0 Å². The molecule has 0 aliphatic heterocycles. The molecule has 2 aromatic rings. The van der Waals surface area contributed by atoms with Crippen molar-refractivity contribution in [3.05, 3.63) is 64.1 Å². The standard InChI is InChI=1S/C25H34BrN3O4S/c1-6-19(4)27-25(31)23(7-2)28(16-20-12-9-8-11-18(20)3)24(30)17-29(34(5,32)33)22-14-10-13-21(26)15-22/h8-15,19,23H,6-7,16-17H2,1-5H3,(H,27,31)/t19-,23-/m1/s1. The first kappa shape index (κ1) is 27.9. The van der Waals surface area contributed by atoms with Crippen molar-refractivity contribution in [1.29, 1.82) is 0 Å². The van der Waals surface area contributed by atoms with Gasteiger partial charge in [0, 0.05) is 17.1 Å². The number of carbonyl (C=O) groups is 2. The van der Waals surface area contributed by atoms with Crippen LogP contribution in [0, 0.1) is 6.92 Å². The van der Waals surface area contributed by atoms with Gasteiger partial charge in [-0.3, -0.25) is 13.9 Å². The molecule has 9 heteroatoms. The fraction of sp³-hybridized carbons (Fsp3) is 0.440. The molecule has 2 atom stereocenters. The fourth-order valence-electron chi connectivity index (χ4n) is 3.58. The molecule has 0 aromatic heterocycles. The number of amides is 2. The summed E-state index contributed by atoms with van der Waals surface area (Å²) in [5.74, 6) is -0.688.